The lowest BCUT2D eigenvalue weighted by molar-refractivity contribution is -0.141. The molecule has 2 rings (SSSR count). The van der Waals surface area contributed by atoms with E-state index in [1.165, 1.54) is 6.20 Å². The summed E-state index contributed by atoms with van der Waals surface area (Å²) in [6.45, 7) is 0. The molecule has 0 unspecified atom stereocenters. The number of nitrogens with two attached hydrogens (primary N) is 2. The summed E-state index contributed by atoms with van der Waals surface area (Å²) in [7, 11) is 0. The van der Waals surface area contributed by atoms with Crippen molar-refractivity contribution < 1.29 is 26.3 Å². The predicted octanol–water partition coefficient (Wildman–Crippen LogP) is 2.76. The van der Waals surface area contributed by atoms with Gasteiger partial charge in [-0.3, -0.25) is 0 Å². The van der Waals surface area contributed by atoms with Gasteiger partial charge in [0.05, 0.1) is 6.20 Å². The van der Waals surface area contributed by atoms with Gasteiger partial charge in [-0.1, -0.05) is 0 Å². The Labute approximate surface area is 138 Å². The lowest BCUT2D eigenvalue weighted by atomic mass is 10.4. The number of halogens is 7. The molecule has 13 heteroatoms. The van der Waals surface area contributed by atoms with Gasteiger partial charge in [-0.15, -0.1) is 0 Å². The van der Waals surface area contributed by atoms with Crippen molar-refractivity contribution in [2.45, 2.75) is 12.4 Å². The van der Waals surface area contributed by atoms with E-state index in [1.54, 1.807) is 22.6 Å². The van der Waals surface area contributed by atoms with Gasteiger partial charge in [0.25, 0.3) is 0 Å². The van der Waals surface area contributed by atoms with Gasteiger partial charge in [-0.25, -0.2) is 19.9 Å². The molecule has 0 saturated carbocycles. The third kappa shape index (κ3) is 5.65. The first-order chi connectivity index (χ1) is 10.4. The summed E-state index contributed by atoms with van der Waals surface area (Å²) in [6.07, 6.45) is -5.83. The van der Waals surface area contributed by atoms with Gasteiger partial charge in [0.1, 0.15) is 3.70 Å². The van der Waals surface area contributed by atoms with E-state index >= 15 is 0 Å². The van der Waals surface area contributed by atoms with Crippen LogP contribution in [0.25, 0.3) is 0 Å². The quantitative estimate of drug-likeness (QED) is 0.471. The molecular weight excluding hydrogens is 445 g/mol. The fourth-order valence-electron chi connectivity index (χ4n) is 1.15. The summed E-state index contributed by atoms with van der Waals surface area (Å²) >= 11 is 1.63. The lowest BCUT2D eigenvalue weighted by Gasteiger charge is -2.06. The van der Waals surface area contributed by atoms with Crippen molar-refractivity contribution in [1.82, 2.24) is 19.9 Å². The summed E-state index contributed by atoms with van der Waals surface area (Å²) in [6, 6.07) is 0. The standard InChI is InChI=1S/C5H3F3IN3.C5H4F3N3/c6-5(7,8)3-4(10)11-1-2(9)12-3;6-5(7,8)3-4(9)11-2-1-10-3/h1H,(H2,10,11);1-2H,(H2,9,11). The molecular formula is C10H7F6IN6. The SMILES string of the molecule is Nc1ncc(I)nc1C(F)(F)F.Nc1nccnc1C(F)(F)F. The minimum atomic E-state index is -4.53. The molecule has 2 heterocycles. The van der Waals surface area contributed by atoms with E-state index in [4.69, 9.17) is 11.5 Å². The third-order valence-corrected chi connectivity index (χ3v) is 2.55. The first kappa shape index (κ1) is 19.1. The Bertz CT molecular complexity index is 674. The van der Waals surface area contributed by atoms with Crippen LogP contribution in [0.15, 0.2) is 18.6 Å². The smallest absolute Gasteiger partial charge is 0.382 e. The van der Waals surface area contributed by atoms with Crippen molar-refractivity contribution in [3.05, 3.63) is 33.7 Å². The van der Waals surface area contributed by atoms with E-state index in [0.29, 0.717) is 0 Å². The highest BCUT2D eigenvalue weighted by molar-refractivity contribution is 14.1. The van der Waals surface area contributed by atoms with E-state index < -0.39 is 35.4 Å². The number of aromatic nitrogens is 4. The average Bonchev–Trinajstić information content (AvgIpc) is 2.40. The van der Waals surface area contributed by atoms with Gasteiger partial charge < -0.3 is 11.5 Å². The van der Waals surface area contributed by atoms with E-state index in [2.05, 4.69) is 19.9 Å². The summed E-state index contributed by atoms with van der Waals surface area (Å²) < 4.78 is 71.9. The van der Waals surface area contributed by atoms with Crippen molar-refractivity contribution in [2.24, 2.45) is 0 Å². The minimum Gasteiger partial charge on any atom is -0.382 e. The van der Waals surface area contributed by atoms with E-state index in [1.807, 2.05) is 0 Å². The van der Waals surface area contributed by atoms with Crippen LogP contribution in [0, 0.1) is 3.70 Å². The van der Waals surface area contributed by atoms with Gasteiger partial charge in [-0.05, 0) is 22.6 Å². The largest absolute Gasteiger partial charge is 0.437 e. The van der Waals surface area contributed by atoms with Crippen LogP contribution < -0.4 is 11.5 Å². The monoisotopic (exact) mass is 452 g/mol. The molecule has 2 aromatic rings. The maximum absolute atomic E-state index is 12.0. The number of hydrogen-bond donors (Lipinski definition) is 2. The maximum atomic E-state index is 12.0. The minimum absolute atomic E-state index is 0.161. The Balaban J connectivity index is 0.000000231. The van der Waals surface area contributed by atoms with Crippen LogP contribution in [0.1, 0.15) is 11.4 Å². The predicted molar refractivity (Wildman–Crippen MR) is 75.6 cm³/mol. The van der Waals surface area contributed by atoms with Crippen molar-refractivity contribution in [3.63, 3.8) is 0 Å². The van der Waals surface area contributed by atoms with Crippen LogP contribution in [0.3, 0.4) is 0 Å². The zero-order valence-electron chi connectivity index (χ0n) is 10.8. The highest BCUT2D eigenvalue weighted by Crippen LogP contribution is 2.31. The normalized spacial score (nSPS) is 11.6. The summed E-state index contributed by atoms with van der Waals surface area (Å²) in [5.41, 5.74) is 7.62. The molecule has 23 heavy (non-hydrogen) atoms. The maximum Gasteiger partial charge on any atom is 0.437 e. The molecule has 0 fully saturated rings. The first-order valence-electron chi connectivity index (χ1n) is 5.41. The van der Waals surface area contributed by atoms with Crippen molar-refractivity contribution >= 4 is 34.2 Å². The molecule has 2 aromatic heterocycles. The summed E-state index contributed by atoms with van der Waals surface area (Å²) in [5.74, 6) is -1.19. The molecule has 0 atom stereocenters. The second kappa shape index (κ2) is 7.10. The Morgan fingerprint density at radius 2 is 1.26 bits per heavy atom. The number of rotatable bonds is 0. The van der Waals surface area contributed by atoms with Crippen molar-refractivity contribution in [2.75, 3.05) is 11.5 Å². The number of hydrogen-bond acceptors (Lipinski definition) is 6. The van der Waals surface area contributed by atoms with Crippen LogP contribution in [0.5, 0.6) is 0 Å². The van der Waals surface area contributed by atoms with Gasteiger partial charge >= 0.3 is 12.4 Å². The zero-order valence-corrected chi connectivity index (χ0v) is 13.0. The Morgan fingerprint density at radius 3 is 1.65 bits per heavy atom. The highest BCUT2D eigenvalue weighted by Gasteiger charge is 2.36. The molecule has 0 aliphatic carbocycles. The molecule has 0 aliphatic heterocycles. The first-order valence-corrected chi connectivity index (χ1v) is 6.49. The fourth-order valence-corrected chi connectivity index (χ4v) is 1.53. The Hall–Kier alpha value is -1.93. The van der Waals surface area contributed by atoms with Gasteiger partial charge in [0.2, 0.25) is 0 Å². The number of alkyl halides is 6. The van der Waals surface area contributed by atoms with Crippen LogP contribution in [0.2, 0.25) is 0 Å². The molecule has 4 N–H and O–H groups in total. The van der Waals surface area contributed by atoms with Crippen LogP contribution in [0.4, 0.5) is 38.0 Å². The van der Waals surface area contributed by atoms with Crippen molar-refractivity contribution in [3.8, 4) is 0 Å². The Kier molecular flexibility index (Phi) is 5.90. The van der Waals surface area contributed by atoms with Gasteiger partial charge in [-0.2, -0.15) is 26.3 Å². The van der Waals surface area contributed by atoms with Crippen LogP contribution >= 0.6 is 22.6 Å². The van der Waals surface area contributed by atoms with E-state index in [-0.39, 0.29) is 3.70 Å². The van der Waals surface area contributed by atoms with Crippen LogP contribution in [-0.4, -0.2) is 19.9 Å². The molecule has 0 aromatic carbocycles. The van der Waals surface area contributed by atoms with Gasteiger partial charge in [0.15, 0.2) is 23.0 Å². The highest BCUT2D eigenvalue weighted by atomic mass is 127. The second-order valence-electron chi connectivity index (χ2n) is 3.71. The molecule has 0 spiro atoms. The number of anilines is 2. The molecule has 0 bridgehead atoms. The molecule has 126 valence electrons. The zero-order chi connectivity index (χ0) is 17.8. The number of nitrogens with zero attached hydrogens (tertiary/aromatic N) is 4. The topological polar surface area (TPSA) is 104 Å². The second-order valence-corrected chi connectivity index (χ2v) is 4.82. The average molecular weight is 452 g/mol. The van der Waals surface area contributed by atoms with E-state index in [9.17, 15) is 26.3 Å². The van der Waals surface area contributed by atoms with Crippen LogP contribution in [-0.2, 0) is 12.4 Å². The van der Waals surface area contributed by atoms with Gasteiger partial charge in [0, 0.05) is 12.4 Å². The number of nitrogen functional groups attached to an aromatic ring is 2. The summed E-state index contributed by atoms with van der Waals surface area (Å²) in [5, 5.41) is 0. The summed E-state index contributed by atoms with van der Waals surface area (Å²) in [4.78, 5) is 12.8. The molecule has 0 amide bonds. The lowest BCUT2D eigenvalue weighted by Crippen LogP contribution is -2.13. The molecule has 6 nitrogen and oxygen atoms in total. The Morgan fingerprint density at radius 1 is 0.783 bits per heavy atom. The third-order valence-electron chi connectivity index (χ3n) is 2.03. The fraction of sp³-hybridized carbons (Fsp3) is 0.200. The molecule has 0 saturated heterocycles. The van der Waals surface area contributed by atoms with E-state index in [0.717, 1.165) is 12.4 Å². The molecule has 0 aliphatic rings. The van der Waals surface area contributed by atoms with Crippen molar-refractivity contribution in [1.29, 1.82) is 0 Å². The molecule has 0 radical (unpaired) electrons.